The van der Waals surface area contributed by atoms with Gasteiger partial charge in [-0.3, -0.25) is 9.59 Å². The highest BCUT2D eigenvalue weighted by Crippen LogP contribution is 2.40. The van der Waals surface area contributed by atoms with E-state index in [9.17, 15) is 9.59 Å². The number of carbonyl (C=O) groups excluding carboxylic acids is 2. The molecule has 9 nitrogen and oxygen atoms in total. The Labute approximate surface area is 173 Å². The highest BCUT2D eigenvalue weighted by Gasteiger charge is 2.33. The first-order chi connectivity index (χ1) is 14.3. The zero-order chi connectivity index (χ0) is 21.4. The van der Waals surface area contributed by atoms with E-state index in [2.05, 4.69) is 20.4 Å². The maximum atomic E-state index is 12.5. The average Bonchev–Trinajstić information content (AvgIpc) is 3.02. The Bertz CT molecular complexity index is 1120. The fourth-order valence-corrected chi connectivity index (χ4v) is 3.73. The number of aryl methyl sites for hydroxylation is 3. The third-order valence-corrected chi connectivity index (χ3v) is 4.93. The van der Waals surface area contributed by atoms with Crippen LogP contribution < -0.4 is 15.8 Å². The van der Waals surface area contributed by atoms with Crippen molar-refractivity contribution in [3.05, 3.63) is 58.5 Å². The predicted octanol–water partition coefficient (Wildman–Crippen LogP) is 1.93. The van der Waals surface area contributed by atoms with E-state index < -0.39 is 5.91 Å². The van der Waals surface area contributed by atoms with Crippen molar-refractivity contribution in [2.24, 2.45) is 5.73 Å². The first-order valence-corrected chi connectivity index (χ1v) is 9.55. The number of benzene rings is 1. The molecule has 0 fully saturated rings. The number of carbonyl (C=O) groups is 2. The average molecular weight is 406 g/mol. The summed E-state index contributed by atoms with van der Waals surface area (Å²) in [5.74, 6) is 0.741. The molecule has 30 heavy (non-hydrogen) atoms. The summed E-state index contributed by atoms with van der Waals surface area (Å²) in [5.41, 5.74) is 9.44. The van der Waals surface area contributed by atoms with Gasteiger partial charge in [0.2, 0.25) is 5.91 Å². The van der Waals surface area contributed by atoms with Crippen molar-refractivity contribution in [1.82, 2.24) is 19.7 Å². The molecule has 1 atom stereocenters. The van der Waals surface area contributed by atoms with Crippen LogP contribution in [-0.2, 0) is 9.59 Å². The number of nitrogens with zero attached hydrogens (tertiary/aromatic N) is 4. The largest absolute Gasteiger partial charge is 0.484 e. The Balaban J connectivity index is 1.73. The molecule has 4 rings (SSSR count). The normalized spacial score (nSPS) is 15.4. The number of primary amides is 1. The molecule has 2 aromatic heterocycles. The van der Waals surface area contributed by atoms with Crippen molar-refractivity contribution in [3.63, 3.8) is 0 Å². The SMILES string of the molecule is Cc1cc(C)nc(-n2nc(C)c3c2NC(=O)CC3c2ccc(OCC(N)=O)cc2)n1. The van der Waals surface area contributed by atoms with Crippen LogP contribution in [0.15, 0.2) is 30.3 Å². The van der Waals surface area contributed by atoms with Gasteiger partial charge in [0.05, 0.1) is 5.69 Å². The van der Waals surface area contributed by atoms with Crippen molar-refractivity contribution in [1.29, 1.82) is 0 Å². The molecule has 154 valence electrons. The number of nitrogens with two attached hydrogens (primary N) is 1. The first kappa shape index (κ1) is 19.6. The molecule has 3 heterocycles. The molecule has 1 aromatic carbocycles. The predicted molar refractivity (Wildman–Crippen MR) is 110 cm³/mol. The molecule has 3 aromatic rings. The van der Waals surface area contributed by atoms with Crippen LogP contribution in [-0.4, -0.2) is 38.2 Å². The van der Waals surface area contributed by atoms with Gasteiger partial charge in [0.25, 0.3) is 11.9 Å². The lowest BCUT2D eigenvalue weighted by atomic mass is 9.86. The number of anilines is 1. The van der Waals surface area contributed by atoms with Gasteiger partial charge in [-0.25, -0.2) is 9.97 Å². The number of nitrogens with one attached hydrogen (secondary N) is 1. The maximum Gasteiger partial charge on any atom is 0.255 e. The molecule has 0 radical (unpaired) electrons. The van der Waals surface area contributed by atoms with Gasteiger partial charge < -0.3 is 15.8 Å². The van der Waals surface area contributed by atoms with E-state index in [0.29, 0.717) is 23.9 Å². The summed E-state index contributed by atoms with van der Waals surface area (Å²) < 4.78 is 6.92. The number of rotatable bonds is 5. The molecule has 0 saturated heterocycles. The molecule has 0 saturated carbocycles. The Kier molecular flexibility index (Phi) is 4.94. The number of amides is 2. The van der Waals surface area contributed by atoms with Gasteiger partial charge >= 0.3 is 0 Å². The van der Waals surface area contributed by atoms with Crippen LogP contribution in [0.1, 0.15) is 40.5 Å². The molecular formula is C21H22N6O3. The Morgan fingerprint density at radius 1 is 1.20 bits per heavy atom. The summed E-state index contributed by atoms with van der Waals surface area (Å²) in [4.78, 5) is 32.4. The van der Waals surface area contributed by atoms with Gasteiger partial charge in [-0.1, -0.05) is 12.1 Å². The Hall–Kier alpha value is -3.75. The molecule has 2 amide bonds. The van der Waals surface area contributed by atoms with E-state index in [1.807, 2.05) is 39.0 Å². The zero-order valence-corrected chi connectivity index (χ0v) is 17.0. The van der Waals surface area contributed by atoms with Gasteiger partial charge in [-0.2, -0.15) is 9.78 Å². The summed E-state index contributed by atoms with van der Waals surface area (Å²) in [6.45, 7) is 5.51. The van der Waals surface area contributed by atoms with E-state index in [1.54, 1.807) is 16.8 Å². The molecule has 1 aliphatic heterocycles. The van der Waals surface area contributed by atoms with E-state index in [0.717, 1.165) is 28.2 Å². The Morgan fingerprint density at radius 3 is 2.50 bits per heavy atom. The fraction of sp³-hybridized carbons (Fsp3) is 0.286. The number of hydrogen-bond acceptors (Lipinski definition) is 6. The number of aromatic nitrogens is 4. The molecule has 3 N–H and O–H groups in total. The number of ether oxygens (including phenoxy) is 1. The van der Waals surface area contributed by atoms with Crippen LogP contribution >= 0.6 is 0 Å². The minimum Gasteiger partial charge on any atom is -0.484 e. The molecular weight excluding hydrogens is 384 g/mol. The van der Waals surface area contributed by atoms with Crippen LogP contribution in [0.3, 0.4) is 0 Å². The Morgan fingerprint density at radius 2 is 1.87 bits per heavy atom. The standard InChI is InChI=1S/C21H22N6O3/c1-11-8-12(2)24-21(23-11)27-20-19(13(3)26-27)16(9-18(29)25-20)14-4-6-15(7-5-14)30-10-17(22)28/h4-8,16H,9-10H2,1-3H3,(H2,22,28)(H,25,29). The van der Waals surface area contributed by atoms with Crippen molar-refractivity contribution in [3.8, 4) is 11.7 Å². The van der Waals surface area contributed by atoms with E-state index in [1.165, 1.54) is 0 Å². The van der Waals surface area contributed by atoms with Gasteiger partial charge in [0, 0.05) is 29.3 Å². The van der Waals surface area contributed by atoms with Gasteiger partial charge in [0.1, 0.15) is 11.6 Å². The summed E-state index contributed by atoms with van der Waals surface area (Å²) in [7, 11) is 0. The highest BCUT2D eigenvalue weighted by molar-refractivity contribution is 5.95. The lowest BCUT2D eigenvalue weighted by molar-refractivity contribution is -0.120. The lowest BCUT2D eigenvalue weighted by Gasteiger charge is -2.24. The van der Waals surface area contributed by atoms with Crippen molar-refractivity contribution >= 4 is 17.6 Å². The zero-order valence-electron chi connectivity index (χ0n) is 17.0. The minimum absolute atomic E-state index is 0.105. The number of hydrogen-bond donors (Lipinski definition) is 2. The highest BCUT2D eigenvalue weighted by atomic mass is 16.5. The first-order valence-electron chi connectivity index (χ1n) is 9.55. The van der Waals surface area contributed by atoms with Crippen molar-refractivity contribution in [2.75, 3.05) is 11.9 Å². The molecule has 0 bridgehead atoms. The van der Waals surface area contributed by atoms with Crippen LogP contribution in [0.4, 0.5) is 5.82 Å². The third kappa shape index (κ3) is 3.73. The smallest absolute Gasteiger partial charge is 0.255 e. The third-order valence-electron chi connectivity index (χ3n) is 4.93. The van der Waals surface area contributed by atoms with Crippen molar-refractivity contribution in [2.45, 2.75) is 33.1 Å². The fourth-order valence-electron chi connectivity index (χ4n) is 3.73. The molecule has 9 heteroatoms. The molecule has 1 aliphatic rings. The van der Waals surface area contributed by atoms with E-state index in [-0.39, 0.29) is 18.4 Å². The molecule has 0 spiro atoms. The van der Waals surface area contributed by atoms with Gasteiger partial charge in [0.15, 0.2) is 6.61 Å². The number of fused-ring (bicyclic) bond motifs is 1. The summed E-state index contributed by atoms with van der Waals surface area (Å²) in [5, 5.41) is 7.56. The molecule has 0 aliphatic carbocycles. The van der Waals surface area contributed by atoms with Crippen molar-refractivity contribution < 1.29 is 14.3 Å². The second-order valence-corrected chi connectivity index (χ2v) is 7.34. The topological polar surface area (TPSA) is 125 Å². The second-order valence-electron chi connectivity index (χ2n) is 7.34. The quantitative estimate of drug-likeness (QED) is 0.667. The van der Waals surface area contributed by atoms with Crippen LogP contribution in [0.5, 0.6) is 5.75 Å². The maximum absolute atomic E-state index is 12.5. The van der Waals surface area contributed by atoms with Gasteiger partial charge in [-0.15, -0.1) is 0 Å². The van der Waals surface area contributed by atoms with E-state index >= 15 is 0 Å². The summed E-state index contributed by atoms with van der Waals surface area (Å²) in [6.07, 6.45) is 0.300. The second kappa shape index (κ2) is 7.58. The van der Waals surface area contributed by atoms with Crippen LogP contribution in [0.25, 0.3) is 5.95 Å². The monoisotopic (exact) mass is 406 g/mol. The minimum atomic E-state index is -0.538. The van der Waals surface area contributed by atoms with Gasteiger partial charge in [-0.05, 0) is 44.5 Å². The summed E-state index contributed by atoms with van der Waals surface area (Å²) >= 11 is 0. The van der Waals surface area contributed by atoms with Crippen LogP contribution in [0.2, 0.25) is 0 Å². The molecule has 1 unspecified atom stereocenters. The summed E-state index contributed by atoms with van der Waals surface area (Å²) in [6, 6.07) is 9.17. The lowest BCUT2D eigenvalue weighted by Crippen LogP contribution is -2.25. The van der Waals surface area contributed by atoms with E-state index in [4.69, 9.17) is 10.5 Å². The van der Waals surface area contributed by atoms with Crippen LogP contribution in [0, 0.1) is 20.8 Å².